The number of rotatable bonds is 3. The number of hydrogen-bond donors (Lipinski definition) is 0. The van der Waals surface area contributed by atoms with Crippen LogP contribution in [0.15, 0.2) is 6.20 Å². The van der Waals surface area contributed by atoms with Gasteiger partial charge in [-0.2, -0.15) is 5.10 Å². The van der Waals surface area contributed by atoms with Crippen molar-refractivity contribution in [3.63, 3.8) is 0 Å². The molecule has 3 rings (SSSR count). The summed E-state index contributed by atoms with van der Waals surface area (Å²) in [5, 5.41) is 4.24. The Balaban J connectivity index is 2.12. The van der Waals surface area contributed by atoms with Crippen LogP contribution in [0.25, 0.3) is 0 Å². The topological polar surface area (TPSA) is 34.9 Å². The molecule has 3 nitrogen and oxygen atoms in total. The van der Waals surface area contributed by atoms with Gasteiger partial charge in [-0.3, -0.25) is 4.68 Å². The summed E-state index contributed by atoms with van der Waals surface area (Å²) in [5.41, 5.74) is 2.01. The first-order valence-electron chi connectivity index (χ1n) is 5.41. The highest BCUT2D eigenvalue weighted by Crippen LogP contribution is 2.69. The molecule has 0 saturated heterocycles. The number of aromatic nitrogens is 2. The summed E-state index contributed by atoms with van der Waals surface area (Å²) in [4.78, 5) is 0. The molecule has 0 aromatic carbocycles. The fourth-order valence-corrected chi connectivity index (χ4v) is 7.98. The van der Waals surface area contributed by atoms with Crippen LogP contribution in [0, 0.1) is 3.57 Å². The SMILES string of the molecule is Cn1ncc(I)c1P(=O)(C1CC1)C1CC1. The first kappa shape index (κ1) is 10.3. The first-order chi connectivity index (χ1) is 7.14. The number of hydrogen-bond acceptors (Lipinski definition) is 2. The van der Waals surface area contributed by atoms with E-state index in [0.717, 1.165) is 34.7 Å². The maximum Gasteiger partial charge on any atom is 0.139 e. The lowest BCUT2D eigenvalue weighted by molar-refractivity contribution is 0.576. The van der Waals surface area contributed by atoms with Crippen molar-refractivity contribution in [2.24, 2.45) is 7.05 Å². The Hall–Kier alpha value is 0.170. The van der Waals surface area contributed by atoms with Gasteiger partial charge in [0.05, 0.1) is 9.77 Å². The predicted octanol–water partition coefficient (Wildman–Crippen LogP) is 2.34. The minimum atomic E-state index is -2.13. The van der Waals surface area contributed by atoms with E-state index in [2.05, 4.69) is 27.7 Å². The van der Waals surface area contributed by atoms with E-state index >= 15 is 0 Å². The van der Waals surface area contributed by atoms with Gasteiger partial charge in [0.2, 0.25) is 0 Å². The van der Waals surface area contributed by atoms with Crippen LogP contribution in [-0.4, -0.2) is 21.1 Å². The highest BCUT2D eigenvalue weighted by Gasteiger charge is 2.53. The zero-order chi connectivity index (χ0) is 10.6. The van der Waals surface area contributed by atoms with E-state index in [0.29, 0.717) is 11.3 Å². The maximum absolute atomic E-state index is 13.2. The van der Waals surface area contributed by atoms with Gasteiger partial charge in [-0.15, -0.1) is 0 Å². The molecule has 0 bridgehead atoms. The van der Waals surface area contributed by atoms with Crippen molar-refractivity contribution in [3.05, 3.63) is 9.77 Å². The third-order valence-corrected chi connectivity index (χ3v) is 8.99. The molecule has 0 spiro atoms. The van der Waals surface area contributed by atoms with Crippen LogP contribution >= 0.6 is 29.7 Å². The molecule has 0 aliphatic heterocycles. The average Bonchev–Trinajstić information content (AvgIpc) is 3.02. The maximum atomic E-state index is 13.2. The molecule has 2 aliphatic carbocycles. The highest BCUT2D eigenvalue weighted by atomic mass is 127. The van der Waals surface area contributed by atoms with Gasteiger partial charge in [0.1, 0.15) is 12.6 Å². The molecule has 15 heavy (non-hydrogen) atoms. The molecule has 1 heterocycles. The highest BCUT2D eigenvalue weighted by molar-refractivity contribution is 14.1. The second-order valence-corrected chi connectivity index (χ2v) is 9.08. The smallest absolute Gasteiger partial charge is 0.139 e. The van der Waals surface area contributed by atoms with Crippen molar-refractivity contribution >= 4 is 35.2 Å². The molecule has 2 saturated carbocycles. The summed E-state index contributed by atoms with van der Waals surface area (Å²) in [6.45, 7) is 0. The Morgan fingerprint density at radius 1 is 1.40 bits per heavy atom. The van der Waals surface area contributed by atoms with Crippen molar-refractivity contribution in [2.45, 2.75) is 37.0 Å². The number of nitrogens with zero attached hydrogens (tertiary/aromatic N) is 2. The lowest BCUT2D eigenvalue weighted by Crippen LogP contribution is -2.22. The Bertz CT molecular complexity index is 413. The van der Waals surface area contributed by atoms with Gasteiger partial charge in [-0.25, -0.2) is 0 Å². The van der Waals surface area contributed by atoms with E-state index < -0.39 is 7.14 Å². The average molecular weight is 336 g/mol. The van der Waals surface area contributed by atoms with Crippen molar-refractivity contribution in [1.82, 2.24) is 9.78 Å². The second-order valence-electron chi connectivity index (χ2n) is 4.61. The van der Waals surface area contributed by atoms with E-state index in [1.807, 2.05) is 17.9 Å². The minimum absolute atomic E-state index is 0.480. The molecular formula is C10H14IN2OP. The van der Waals surface area contributed by atoms with Gasteiger partial charge in [0.15, 0.2) is 0 Å². The van der Waals surface area contributed by atoms with Crippen LogP contribution in [0.2, 0.25) is 0 Å². The summed E-state index contributed by atoms with van der Waals surface area (Å²) in [6, 6.07) is 0. The molecule has 0 atom stereocenters. The quantitative estimate of drug-likeness (QED) is 0.627. The number of aryl methyl sites for hydroxylation is 1. The van der Waals surface area contributed by atoms with Crippen LogP contribution in [0.4, 0.5) is 0 Å². The second kappa shape index (κ2) is 3.33. The molecule has 0 unspecified atom stereocenters. The molecule has 0 radical (unpaired) electrons. The van der Waals surface area contributed by atoms with E-state index in [9.17, 15) is 4.57 Å². The van der Waals surface area contributed by atoms with Crippen LogP contribution < -0.4 is 5.44 Å². The van der Waals surface area contributed by atoms with E-state index in [1.165, 1.54) is 0 Å². The monoisotopic (exact) mass is 336 g/mol. The fraction of sp³-hybridized carbons (Fsp3) is 0.700. The summed E-state index contributed by atoms with van der Waals surface area (Å²) >= 11 is 2.27. The molecule has 2 fully saturated rings. The first-order valence-corrected chi connectivity index (χ1v) is 8.34. The fourth-order valence-electron chi connectivity index (χ4n) is 2.36. The minimum Gasteiger partial charge on any atom is -0.316 e. The Morgan fingerprint density at radius 2 is 1.93 bits per heavy atom. The Morgan fingerprint density at radius 3 is 2.27 bits per heavy atom. The van der Waals surface area contributed by atoms with Gasteiger partial charge in [0, 0.05) is 18.4 Å². The largest absolute Gasteiger partial charge is 0.316 e. The Labute approximate surface area is 103 Å². The summed E-state index contributed by atoms with van der Waals surface area (Å²) in [6.07, 6.45) is 6.49. The molecule has 82 valence electrons. The van der Waals surface area contributed by atoms with Crippen LogP contribution in [0.3, 0.4) is 0 Å². The van der Waals surface area contributed by atoms with Crippen molar-refractivity contribution in [1.29, 1.82) is 0 Å². The zero-order valence-electron chi connectivity index (χ0n) is 8.69. The molecule has 0 amide bonds. The van der Waals surface area contributed by atoms with Crippen LogP contribution in [0.1, 0.15) is 25.7 Å². The molecule has 0 N–H and O–H groups in total. The van der Waals surface area contributed by atoms with E-state index in [1.54, 1.807) is 0 Å². The lowest BCUT2D eigenvalue weighted by atomic mass is 10.7. The summed E-state index contributed by atoms with van der Waals surface area (Å²) in [7, 11) is -0.202. The predicted molar refractivity (Wildman–Crippen MR) is 69.2 cm³/mol. The molecule has 5 heteroatoms. The van der Waals surface area contributed by atoms with Crippen LogP contribution in [0.5, 0.6) is 0 Å². The van der Waals surface area contributed by atoms with Gasteiger partial charge >= 0.3 is 0 Å². The van der Waals surface area contributed by atoms with E-state index in [4.69, 9.17) is 0 Å². The summed E-state index contributed by atoms with van der Waals surface area (Å²) in [5.74, 6) is 0. The van der Waals surface area contributed by atoms with Gasteiger partial charge in [-0.05, 0) is 48.3 Å². The van der Waals surface area contributed by atoms with Gasteiger partial charge in [-0.1, -0.05) is 0 Å². The van der Waals surface area contributed by atoms with Gasteiger partial charge < -0.3 is 4.57 Å². The van der Waals surface area contributed by atoms with Crippen LogP contribution in [-0.2, 0) is 11.6 Å². The van der Waals surface area contributed by atoms with Crippen molar-refractivity contribution in [3.8, 4) is 0 Å². The normalized spacial score (nSPS) is 22.0. The molecule has 1 aromatic rings. The summed E-state index contributed by atoms with van der Waals surface area (Å²) < 4.78 is 16.1. The van der Waals surface area contributed by atoms with Gasteiger partial charge in [0.25, 0.3) is 0 Å². The van der Waals surface area contributed by atoms with Crippen molar-refractivity contribution in [2.75, 3.05) is 0 Å². The molecule has 1 aromatic heterocycles. The lowest BCUT2D eigenvalue weighted by Gasteiger charge is -2.18. The molecule has 2 aliphatic rings. The third-order valence-electron chi connectivity index (χ3n) is 3.37. The standard InChI is InChI=1S/C10H14IN2OP/c1-13-10(9(11)6-12-13)15(14,7-2-3-7)8-4-5-8/h6-8H,2-5H2,1H3. The van der Waals surface area contributed by atoms with E-state index in [-0.39, 0.29) is 0 Å². The Kier molecular flexibility index (Phi) is 2.29. The molecular weight excluding hydrogens is 322 g/mol. The zero-order valence-corrected chi connectivity index (χ0v) is 11.7. The third kappa shape index (κ3) is 1.52. The van der Waals surface area contributed by atoms with Crippen molar-refractivity contribution < 1.29 is 4.57 Å². The number of halogens is 1.